The highest BCUT2D eigenvalue weighted by molar-refractivity contribution is 5.13. The second kappa shape index (κ2) is 7.92. The predicted octanol–water partition coefficient (Wildman–Crippen LogP) is 3.24. The molecule has 1 aliphatic carbocycles. The number of nitrogens with zero attached hydrogens (tertiary/aromatic N) is 4. The van der Waals surface area contributed by atoms with Gasteiger partial charge >= 0.3 is 0 Å². The van der Waals surface area contributed by atoms with Gasteiger partial charge in [0.05, 0.1) is 18.3 Å². The summed E-state index contributed by atoms with van der Waals surface area (Å²) in [6, 6.07) is 2.44. The van der Waals surface area contributed by atoms with Crippen molar-refractivity contribution in [1.82, 2.24) is 24.6 Å². The van der Waals surface area contributed by atoms with Crippen LogP contribution in [0, 0.1) is 12.8 Å². The van der Waals surface area contributed by atoms with Crippen LogP contribution >= 0.6 is 0 Å². The topological polar surface area (TPSA) is 59.0 Å². The molecule has 1 N–H and O–H groups in total. The first kappa shape index (κ1) is 17.7. The highest BCUT2D eigenvalue weighted by Gasteiger charge is 2.27. The Morgan fingerprint density at radius 3 is 2.88 bits per heavy atom. The van der Waals surface area contributed by atoms with Crippen molar-refractivity contribution in [3.63, 3.8) is 0 Å². The van der Waals surface area contributed by atoms with E-state index in [1.54, 1.807) is 0 Å². The molecule has 0 spiro atoms. The van der Waals surface area contributed by atoms with E-state index < -0.39 is 0 Å². The quantitative estimate of drug-likeness (QED) is 0.773. The summed E-state index contributed by atoms with van der Waals surface area (Å²) in [4.78, 5) is 7.19. The summed E-state index contributed by atoms with van der Waals surface area (Å²) >= 11 is 0. The minimum Gasteiger partial charge on any atom is -0.381 e. The molecular formula is C20H31N5O. The SMILES string of the molecule is Cc1cc(CN2CCn3c(CCOCC4CCCC4)cnc3C2C)n[nH]1. The molecule has 26 heavy (non-hydrogen) atoms. The summed E-state index contributed by atoms with van der Waals surface area (Å²) in [5, 5.41) is 7.41. The summed E-state index contributed by atoms with van der Waals surface area (Å²) in [5.41, 5.74) is 3.54. The maximum atomic E-state index is 5.95. The van der Waals surface area contributed by atoms with E-state index in [1.165, 1.54) is 37.2 Å². The molecule has 1 aliphatic heterocycles. The van der Waals surface area contributed by atoms with Crippen LogP contribution in [-0.4, -0.2) is 44.4 Å². The lowest BCUT2D eigenvalue weighted by Crippen LogP contribution is -2.37. The zero-order chi connectivity index (χ0) is 17.9. The third kappa shape index (κ3) is 3.86. The fourth-order valence-corrected chi connectivity index (χ4v) is 4.39. The van der Waals surface area contributed by atoms with Gasteiger partial charge in [0.15, 0.2) is 0 Å². The molecule has 0 saturated heterocycles. The number of aryl methyl sites for hydroxylation is 1. The van der Waals surface area contributed by atoms with Crippen LogP contribution in [0.15, 0.2) is 12.3 Å². The maximum Gasteiger partial charge on any atom is 0.126 e. The van der Waals surface area contributed by atoms with Gasteiger partial charge in [0, 0.05) is 50.2 Å². The Morgan fingerprint density at radius 1 is 1.27 bits per heavy atom. The molecule has 3 heterocycles. The van der Waals surface area contributed by atoms with Crippen LogP contribution < -0.4 is 0 Å². The Morgan fingerprint density at radius 2 is 2.12 bits per heavy atom. The van der Waals surface area contributed by atoms with Gasteiger partial charge in [-0.15, -0.1) is 0 Å². The van der Waals surface area contributed by atoms with Gasteiger partial charge < -0.3 is 9.30 Å². The molecule has 0 aromatic carbocycles. The minimum atomic E-state index is 0.314. The van der Waals surface area contributed by atoms with Crippen molar-refractivity contribution in [2.45, 2.75) is 65.1 Å². The zero-order valence-corrected chi connectivity index (χ0v) is 16.1. The zero-order valence-electron chi connectivity index (χ0n) is 16.1. The normalized spacial score (nSPS) is 21.4. The Bertz CT molecular complexity index is 716. The number of fused-ring (bicyclic) bond motifs is 1. The van der Waals surface area contributed by atoms with Gasteiger partial charge in [0.2, 0.25) is 0 Å². The summed E-state index contributed by atoms with van der Waals surface area (Å²) in [7, 11) is 0. The van der Waals surface area contributed by atoms with Crippen LogP contribution in [0.3, 0.4) is 0 Å². The van der Waals surface area contributed by atoms with Crippen LogP contribution in [0.1, 0.15) is 61.6 Å². The third-order valence-electron chi connectivity index (χ3n) is 5.96. The fourth-order valence-electron chi connectivity index (χ4n) is 4.39. The van der Waals surface area contributed by atoms with Crippen molar-refractivity contribution in [3.8, 4) is 0 Å². The average molecular weight is 358 g/mol. The van der Waals surface area contributed by atoms with Crippen molar-refractivity contribution in [3.05, 3.63) is 35.2 Å². The molecule has 142 valence electrons. The second-order valence-corrected chi connectivity index (χ2v) is 7.92. The molecule has 0 bridgehead atoms. The number of imidazole rings is 1. The molecule has 1 fully saturated rings. The summed E-state index contributed by atoms with van der Waals surface area (Å²) < 4.78 is 8.35. The van der Waals surface area contributed by atoms with E-state index in [0.29, 0.717) is 6.04 Å². The molecule has 4 rings (SSSR count). The van der Waals surface area contributed by atoms with E-state index in [0.717, 1.165) is 56.6 Å². The Balaban J connectivity index is 1.31. The number of nitrogens with one attached hydrogen (secondary N) is 1. The first-order valence-corrected chi connectivity index (χ1v) is 10.1. The van der Waals surface area contributed by atoms with Crippen molar-refractivity contribution >= 4 is 0 Å². The van der Waals surface area contributed by atoms with Gasteiger partial charge in [-0.1, -0.05) is 12.8 Å². The third-order valence-corrected chi connectivity index (χ3v) is 5.96. The highest BCUT2D eigenvalue weighted by atomic mass is 16.5. The number of hydrogen-bond donors (Lipinski definition) is 1. The van der Waals surface area contributed by atoms with E-state index in [4.69, 9.17) is 9.72 Å². The van der Waals surface area contributed by atoms with Crippen LogP contribution in [0.5, 0.6) is 0 Å². The number of aromatic nitrogens is 4. The molecule has 2 aliphatic rings. The van der Waals surface area contributed by atoms with Gasteiger partial charge in [-0.3, -0.25) is 10.00 Å². The molecule has 1 saturated carbocycles. The molecular weight excluding hydrogens is 326 g/mol. The summed E-state index contributed by atoms with van der Waals surface area (Å²) in [6.07, 6.45) is 8.49. The standard InChI is InChI=1S/C20H31N5O/c1-15-11-18(23-22-15)13-24-8-9-25-19(12-21-20(25)16(24)2)7-10-26-14-17-5-3-4-6-17/h11-12,16-17H,3-10,13-14H2,1-2H3,(H,22,23). The van der Waals surface area contributed by atoms with Crippen LogP contribution in [0.2, 0.25) is 0 Å². The Kier molecular flexibility index (Phi) is 5.41. The number of rotatable bonds is 7. The van der Waals surface area contributed by atoms with E-state index >= 15 is 0 Å². The van der Waals surface area contributed by atoms with Gasteiger partial charge in [-0.2, -0.15) is 5.10 Å². The smallest absolute Gasteiger partial charge is 0.126 e. The second-order valence-electron chi connectivity index (χ2n) is 7.92. The Hall–Kier alpha value is -1.66. The van der Waals surface area contributed by atoms with E-state index in [1.807, 2.05) is 13.1 Å². The number of ether oxygens (including phenoxy) is 1. The minimum absolute atomic E-state index is 0.314. The molecule has 0 radical (unpaired) electrons. The number of aromatic amines is 1. The molecule has 6 heteroatoms. The van der Waals surface area contributed by atoms with Gasteiger partial charge in [0.1, 0.15) is 5.82 Å². The van der Waals surface area contributed by atoms with Gasteiger partial charge in [-0.05, 0) is 38.7 Å². The van der Waals surface area contributed by atoms with Gasteiger partial charge in [0.25, 0.3) is 0 Å². The van der Waals surface area contributed by atoms with Crippen LogP contribution in [0.25, 0.3) is 0 Å². The fraction of sp³-hybridized carbons (Fsp3) is 0.700. The van der Waals surface area contributed by atoms with Crippen molar-refractivity contribution in [2.24, 2.45) is 5.92 Å². The van der Waals surface area contributed by atoms with Crippen LogP contribution in [0.4, 0.5) is 0 Å². The summed E-state index contributed by atoms with van der Waals surface area (Å²) in [6.45, 7) is 8.95. The predicted molar refractivity (Wildman–Crippen MR) is 101 cm³/mol. The molecule has 2 aromatic rings. The van der Waals surface area contributed by atoms with E-state index in [-0.39, 0.29) is 0 Å². The Labute approximate surface area is 155 Å². The first-order valence-electron chi connectivity index (χ1n) is 10.1. The largest absolute Gasteiger partial charge is 0.381 e. The van der Waals surface area contributed by atoms with Gasteiger partial charge in [-0.25, -0.2) is 4.98 Å². The monoisotopic (exact) mass is 357 g/mol. The van der Waals surface area contributed by atoms with Crippen molar-refractivity contribution in [1.29, 1.82) is 0 Å². The highest BCUT2D eigenvalue weighted by Crippen LogP contribution is 2.27. The molecule has 1 atom stereocenters. The average Bonchev–Trinajstić information content (AvgIpc) is 3.36. The maximum absolute atomic E-state index is 5.95. The lowest BCUT2D eigenvalue weighted by molar-refractivity contribution is 0.102. The summed E-state index contributed by atoms with van der Waals surface area (Å²) in [5.74, 6) is 1.97. The van der Waals surface area contributed by atoms with Crippen molar-refractivity contribution in [2.75, 3.05) is 19.8 Å². The molecule has 6 nitrogen and oxygen atoms in total. The van der Waals surface area contributed by atoms with E-state index in [2.05, 4.69) is 32.7 Å². The number of H-pyrrole nitrogens is 1. The first-order chi connectivity index (χ1) is 12.7. The van der Waals surface area contributed by atoms with Crippen LogP contribution in [-0.2, 0) is 24.2 Å². The lowest BCUT2D eigenvalue weighted by atomic mass is 10.1. The van der Waals surface area contributed by atoms with E-state index in [9.17, 15) is 0 Å². The molecule has 2 aromatic heterocycles. The molecule has 0 amide bonds. The molecule has 1 unspecified atom stereocenters. The van der Waals surface area contributed by atoms with Crippen molar-refractivity contribution < 1.29 is 4.74 Å². The number of hydrogen-bond acceptors (Lipinski definition) is 4. The lowest BCUT2D eigenvalue weighted by Gasteiger charge is -2.33.